The van der Waals surface area contributed by atoms with Gasteiger partial charge in [-0.05, 0) is 67.4 Å². The van der Waals surface area contributed by atoms with E-state index in [-0.39, 0.29) is 26.3 Å². The lowest BCUT2D eigenvalue weighted by atomic mass is 10.1. The number of benzene rings is 4. The molecule has 0 heterocycles. The van der Waals surface area contributed by atoms with Crippen LogP contribution in [0.2, 0.25) is 0 Å². The predicted octanol–water partition coefficient (Wildman–Crippen LogP) is 2.56. The van der Waals surface area contributed by atoms with E-state index in [1.165, 1.54) is 48.5 Å². The molecule has 0 aliphatic carbocycles. The molecule has 0 radical (unpaired) electrons. The number of rotatable bonds is 4. The molecule has 4 aromatic rings. The van der Waals surface area contributed by atoms with Crippen molar-refractivity contribution in [2.24, 2.45) is 0 Å². The van der Waals surface area contributed by atoms with Crippen LogP contribution in [0.1, 0.15) is 11.1 Å². The lowest BCUT2D eigenvalue weighted by molar-refractivity contribution is 0.481. The Kier molecular flexibility index (Phi) is 10.5. The molecule has 234 valence electrons. The fourth-order valence-corrected chi connectivity index (χ4v) is 6.03. The van der Waals surface area contributed by atoms with E-state index in [4.69, 9.17) is 35.4 Å². The lowest BCUT2D eigenvalue weighted by Crippen LogP contribution is -2.06. The SMILES string of the molecule is Cc1cc(S(=O)(=O)O)ccc1N.Cc1ccc(S(=O)(=O)O)cc1N.Nc1ccc2c(S(=O)(=O)O)cccc2c1S(=O)(=O)O. The molecule has 0 spiro atoms. The minimum Gasteiger partial charge on any atom is -0.399 e. The number of hydrogen-bond acceptors (Lipinski definition) is 11. The molecule has 0 aliphatic rings. The van der Waals surface area contributed by atoms with Crippen LogP contribution in [0, 0.1) is 13.8 Å². The Hall–Kier alpha value is -3.82. The molecule has 0 aliphatic heterocycles. The highest BCUT2D eigenvalue weighted by molar-refractivity contribution is 7.87. The molecule has 0 unspecified atom stereocenters. The Morgan fingerprint density at radius 1 is 0.488 bits per heavy atom. The van der Waals surface area contributed by atoms with E-state index in [1.807, 2.05) is 0 Å². The Bertz CT molecular complexity index is 2050. The van der Waals surface area contributed by atoms with Crippen molar-refractivity contribution in [1.82, 2.24) is 0 Å². The normalized spacial score (nSPS) is 12.0. The number of nitrogen functional groups attached to an aromatic ring is 3. The van der Waals surface area contributed by atoms with E-state index >= 15 is 0 Å². The topological polar surface area (TPSA) is 296 Å². The minimum atomic E-state index is -4.62. The van der Waals surface area contributed by atoms with Crippen molar-refractivity contribution in [3.63, 3.8) is 0 Å². The maximum Gasteiger partial charge on any atom is 0.297 e. The molecule has 15 nitrogen and oxygen atoms in total. The summed E-state index contributed by atoms with van der Waals surface area (Å²) in [5.41, 5.74) is 18.4. The Morgan fingerprint density at radius 2 is 1.00 bits per heavy atom. The zero-order valence-corrected chi connectivity index (χ0v) is 25.5. The second kappa shape index (κ2) is 12.8. The Balaban J connectivity index is 0.000000236. The predicted molar refractivity (Wildman–Crippen MR) is 159 cm³/mol. The van der Waals surface area contributed by atoms with E-state index in [0.717, 1.165) is 17.7 Å². The molecule has 4 rings (SSSR count). The summed E-state index contributed by atoms with van der Waals surface area (Å²) < 4.78 is 123. The van der Waals surface area contributed by atoms with Gasteiger partial charge in [-0.2, -0.15) is 33.7 Å². The van der Waals surface area contributed by atoms with Crippen LogP contribution in [-0.2, 0) is 40.5 Å². The molecule has 10 N–H and O–H groups in total. The van der Waals surface area contributed by atoms with E-state index in [0.29, 0.717) is 16.9 Å². The molecule has 0 aromatic heterocycles. The van der Waals surface area contributed by atoms with Gasteiger partial charge in [-0.25, -0.2) is 0 Å². The fraction of sp³-hybridized carbons (Fsp3) is 0.0833. The summed E-state index contributed by atoms with van der Waals surface area (Å²) in [4.78, 5) is -1.36. The summed E-state index contributed by atoms with van der Waals surface area (Å²) in [5, 5.41) is -0.135. The first-order valence-electron chi connectivity index (χ1n) is 11.4. The molecule has 0 fully saturated rings. The van der Waals surface area contributed by atoms with Crippen LogP contribution < -0.4 is 17.2 Å². The minimum absolute atomic E-state index is 0.0492. The van der Waals surface area contributed by atoms with Crippen LogP contribution in [-0.4, -0.2) is 51.9 Å². The van der Waals surface area contributed by atoms with Gasteiger partial charge in [0.1, 0.15) is 9.79 Å². The smallest absolute Gasteiger partial charge is 0.297 e. The summed E-state index contributed by atoms with van der Waals surface area (Å²) in [6, 6.07) is 14.1. The number of hydrogen-bond donors (Lipinski definition) is 7. The molecule has 43 heavy (non-hydrogen) atoms. The summed E-state index contributed by atoms with van der Waals surface area (Å²) in [6.45, 7) is 3.42. The van der Waals surface area contributed by atoms with Crippen molar-refractivity contribution in [2.45, 2.75) is 33.4 Å². The van der Waals surface area contributed by atoms with Gasteiger partial charge < -0.3 is 17.2 Å². The molecule has 0 bridgehead atoms. The largest absolute Gasteiger partial charge is 0.399 e. The van der Waals surface area contributed by atoms with Crippen LogP contribution in [0.3, 0.4) is 0 Å². The maximum atomic E-state index is 11.3. The van der Waals surface area contributed by atoms with Crippen molar-refractivity contribution in [2.75, 3.05) is 17.2 Å². The maximum absolute atomic E-state index is 11.3. The number of fused-ring (bicyclic) bond motifs is 1. The first-order valence-corrected chi connectivity index (χ1v) is 17.1. The summed E-state index contributed by atoms with van der Waals surface area (Å²) in [5.74, 6) is 0. The monoisotopic (exact) mass is 677 g/mol. The van der Waals surface area contributed by atoms with Gasteiger partial charge in [-0.15, -0.1) is 0 Å². The van der Waals surface area contributed by atoms with Gasteiger partial charge >= 0.3 is 0 Å². The quantitative estimate of drug-likeness (QED) is 0.121. The highest BCUT2D eigenvalue weighted by Gasteiger charge is 2.22. The molecule has 0 saturated heterocycles. The van der Waals surface area contributed by atoms with E-state index in [2.05, 4.69) is 0 Å². The molecule has 4 aromatic carbocycles. The summed E-state index contributed by atoms with van der Waals surface area (Å²) in [7, 11) is -17.4. The average molecular weight is 678 g/mol. The second-order valence-electron chi connectivity index (χ2n) is 8.77. The number of nitrogens with two attached hydrogens (primary N) is 3. The van der Waals surface area contributed by atoms with Gasteiger partial charge in [0.25, 0.3) is 40.5 Å². The summed E-state index contributed by atoms with van der Waals surface area (Å²) >= 11 is 0. The molecule has 0 saturated carbocycles. The highest BCUT2D eigenvalue weighted by atomic mass is 32.2. The third kappa shape index (κ3) is 9.33. The average Bonchev–Trinajstić information content (AvgIpc) is 2.85. The van der Waals surface area contributed by atoms with E-state index in [9.17, 15) is 33.7 Å². The van der Waals surface area contributed by atoms with Gasteiger partial charge in [0, 0.05) is 22.1 Å². The molecular weight excluding hydrogens is 651 g/mol. The standard InChI is InChI=1S/C10H9NO6S2.2C7H9NO3S/c11-8-5-4-6-7(10(8)19(15,16)17)2-1-3-9(6)18(12,13)14;1-5-4-6(12(9,10)11)2-3-7(5)8;1-5-2-3-6(4-7(5)8)12(9,10)11/h1-5H,11H2,(H,12,13,14)(H,15,16,17);2*2-4H,8H2,1H3,(H,9,10,11). The van der Waals surface area contributed by atoms with Gasteiger partial charge in [0.2, 0.25) is 0 Å². The van der Waals surface area contributed by atoms with Gasteiger partial charge in [0.05, 0.1) is 15.5 Å². The van der Waals surface area contributed by atoms with Crippen molar-refractivity contribution in [1.29, 1.82) is 0 Å². The van der Waals surface area contributed by atoms with Crippen molar-refractivity contribution in [3.05, 3.63) is 77.9 Å². The Labute approximate surface area is 248 Å². The lowest BCUT2D eigenvalue weighted by Gasteiger charge is -2.09. The Morgan fingerprint density at radius 3 is 1.47 bits per heavy atom. The molecule has 19 heteroatoms. The third-order valence-electron chi connectivity index (χ3n) is 5.63. The first-order chi connectivity index (χ1) is 19.4. The zero-order chi connectivity index (χ0) is 33.1. The zero-order valence-electron chi connectivity index (χ0n) is 22.3. The van der Waals surface area contributed by atoms with Gasteiger partial charge in [-0.1, -0.05) is 24.3 Å². The van der Waals surface area contributed by atoms with Crippen molar-refractivity contribution in [3.8, 4) is 0 Å². The first kappa shape index (κ1) is 35.4. The molecule has 0 amide bonds. The molecular formula is C24H27N3O12S4. The van der Waals surface area contributed by atoms with Crippen LogP contribution >= 0.6 is 0 Å². The number of aryl methyl sites for hydroxylation is 2. The highest BCUT2D eigenvalue weighted by Crippen LogP contribution is 2.32. The fourth-order valence-electron chi connectivity index (χ4n) is 3.42. The van der Waals surface area contributed by atoms with E-state index in [1.54, 1.807) is 19.9 Å². The number of anilines is 3. The summed E-state index contributed by atoms with van der Waals surface area (Å²) in [6.07, 6.45) is 0. The van der Waals surface area contributed by atoms with Crippen molar-refractivity contribution < 1.29 is 51.9 Å². The van der Waals surface area contributed by atoms with Crippen LogP contribution in [0.15, 0.2) is 86.3 Å². The van der Waals surface area contributed by atoms with Crippen LogP contribution in [0.4, 0.5) is 17.1 Å². The van der Waals surface area contributed by atoms with Gasteiger partial charge in [0.15, 0.2) is 0 Å². The van der Waals surface area contributed by atoms with Crippen molar-refractivity contribution >= 4 is 68.3 Å². The third-order valence-corrected chi connectivity index (χ3v) is 9.21. The second-order valence-corrected chi connectivity index (χ2v) is 14.4. The van der Waals surface area contributed by atoms with Gasteiger partial charge in [-0.3, -0.25) is 18.2 Å². The molecule has 0 atom stereocenters. The van der Waals surface area contributed by atoms with E-state index < -0.39 is 50.3 Å². The van der Waals surface area contributed by atoms with Crippen LogP contribution in [0.25, 0.3) is 10.8 Å². The van der Waals surface area contributed by atoms with Crippen LogP contribution in [0.5, 0.6) is 0 Å².